The summed E-state index contributed by atoms with van der Waals surface area (Å²) in [6.45, 7) is 0. The fraction of sp³-hybridized carbons (Fsp3) is 0. The van der Waals surface area contributed by atoms with Crippen molar-refractivity contribution in [1.82, 2.24) is 15.0 Å². The zero-order chi connectivity index (χ0) is 45.6. The molecular formula is C45H29N3O. The third-order valence-electron chi connectivity index (χ3n) is 7.78. The van der Waals surface area contributed by atoms with E-state index in [0.29, 0.717) is 11.1 Å². The predicted molar refractivity (Wildman–Crippen MR) is 200 cm³/mol. The standard InChI is InChI=1S/C45H29N3O/c1-3-10-30(11-4-1)31-22-24-35(25-23-31)44-46-43(34-12-5-2-6-13-34)47-45(48-44)38-15-9-14-36(28-38)32-18-20-33(21-19-32)37-26-27-42-40(29-37)39-16-7-8-17-41(39)49-42/h1-29H/i7D,8D,9D,14D,15D,16D,17D,18D,19D,20D,21D,26D,27D,28D,29D. The van der Waals surface area contributed by atoms with Crippen molar-refractivity contribution in [3.8, 4) is 67.5 Å². The van der Waals surface area contributed by atoms with Gasteiger partial charge in [-0.1, -0.05) is 151 Å². The minimum absolute atomic E-state index is 0.156. The molecule has 2 aromatic heterocycles. The molecular weight excluding hydrogens is 599 g/mol. The molecule has 0 fully saturated rings. The van der Waals surface area contributed by atoms with Crippen molar-refractivity contribution in [2.45, 2.75) is 0 Å². The maximum absolute atomic E-state index is 9.47. The normalized spacial score (nSPS) is 15.6. The molecule has 49 heavy (non-hydrogen) atoms. The maximum Gasteiger partial charge on any atom is 0.164 e. The van der Waals surface area contributed by atoms with Gasteiger partial charge >= 0.3 is 0 Å². The van der Waals surface area contributed by atoms with E-state index in [-0.39, 0.29) is 39.4 Å². The number of fused-ring (bicyclic) bond motifs is 3. The van der Waals surface area contributed by atoms with Crippen LogP contribution in [0.25, 0.3) is 89.5 Å². The van der Waals surface area contributed by atoms with E-state index < -0.39 is 118 Å². The van der Waals surface area contributed by atoms with Crippen molar-refractivity contribution in [3.63, 3.8) is 0 Å². The van der Waals surface area contributed by atoms with Gasteiger partial charge in [-0.2, -0.15) is 0 Å². The second kappa shape index (κ2) is 12.2. The fourth-order valence-corrected chi connectivity index (χ4v) is 5.35. The SMILES string of the molecule is [2H]c1c([2H])c(-c2nc(-c3ccccc3)nc(-c3ccc(-c4ccccc4)cc3)n2)c([2H])c(-c2c([2H])c([2H])c(-c3c([2H])c([2H])c4oc5c([2H])c([2H])c([2H])c([2H])c5c4c3[2H])c([2H])c2[2H])c1[2H]. The van der Waals surface area contributed by atoms with E-state index in [2.05, 4.69) is 9.97 Å². The first-order valence-electron chi connectivity index (χ1n) is 22.6. The van der Waals surface area contributed by atoms with Gasteiger partial charge in [-0.25, -0.2) is 15.0 Å². The summed E-state index contributed by atoms with van der Waals surface area (Å²) in [5, 5.41) is -0.563. The Hall–Kier alpha value is -6.65. The summed E-state index contributed by atoms with van der Waals surface area (Å²) in [7, 11) is 0. The largest absolute Gasteiger partial charge is 0.456 e. The molecule has 0 saturated carbocycles. The smallest absolute Gasteiger partial charge is 0.164 e. The highest BCUT2D eigenvalue weighted by Gasteiger charge is 2.14. The van der Waals surface area contributed by atoms with Crippen LogP contribution in [0.15, 0.2) is 180 Å². The Morgan fingerprint density at radius 3 is 1.53 bits per heavy atom. The predicted octanol–water partition coefficient (Wildman–Crippen LogP) is 11.8. The summed E-state index contributed by atoms with van der Waals surface area (Å²) >= 11 is 0. The van der Waals surface area contributed by atoms with Gasteiger partial charge in [0, 0.05) is 27.5 Å². The van der Waals surface area contributed by atoms with Crippen LogP contribution in [0, 0.1) is 0 Å². The monoisotopic (exact) mass is 642 g/mol. The average molecular weight is 643 g/mol. The van der Waals surface area contributed by atoms with Crippen LogP contribution in [0.2, 0.25) is 0 Å². The maximum atomic E-state index is 9.47. The van der Waals surface area contributed by atoms with E-state index in [9.17, 15) is 5.48 Å². The molecule has 4 nitrogen and oxygen atoms in total. The van der Waals surface area contributed by atoms with Gasteiger partial charge in [-0.15, -0.1) is 0 Å². The van der Waals surface area contributed by atoms with E-state index in [1.807, 2.05) is 42.5 Å². The van der Waals surface area contributed by atoms with Crippen LogP contribution in [0.5, 0.6) is 0 Å². The first-order chi connectivity index (χ1) is 30.5. The van der Waals surface area contributed by atoms with Crippen molar-refractivity contribution in [2.75, 3.05) is 0 Å². The van der Waals surface area contributed by atoms with Crippen LogP contribution in [-0.2, 0) is 0 Å². The first-order valence-corrected chi connectivity index (χ1v) is 15.1. The van der Waals surface area contributed by atoms with E-state index in [1.54, 1.807) is 42.5 Å². The molecule has 0 radical (unpaired) electrons. The van der Waals surface area contributed by atoms with Gasteiger partial charge in [0.25, 0.3) is 0 Å². The molecule has 0 aliphatic carbocycles. The zero-order valence-corrected chi connectivity index (χ0v) is 25.3. The lowest BCUT2D eigenvalue weighted by atomic mass is 9.98. The first kappa shape index (κ1) is 17.0. The summed E-state index contributed by atoms with van der Waals surface area (Å²) in [5.41, 5.74) is -0.397. The molecule has 7 aromatic carbocycles. The third-order valence-corrected chi connectivity index (χ3v) is 7.78. The molecule has 0 unspecified atom stereocenters. The van der Waals surface area contributed by atoms with Crippen LogP contribution in [0.1, 0.15) is 20.6 Å². The van der Waals surface area contributed by atoms with Crippen LogP contribution in [0.3, 0.4) is 0 Å². The van der Waals surface area contributed by atoms with Crippen LogP contribution < -0.4 is 0 Å². The second-order valence-corrected chi connectivity index (χ2v) is 10.9. The Morgan fingerprint density at radius 1 is 0.347 bits per heavy atom. The number of hydrogen-bond acceptors (Lipinski definition) is 4. The Labute approximate surface area is 305 Å². The van der Waals surface area contributed by atoms with Gasteiger partial charge in [0.1, 0.15) is 11.2 Å². The highest BCUT2D eigenvalue weighted by atomic mass is 16.3. The average Bonchev–Trinajstić information content (AvgIpc) is 3.72. The molecule has 0 bridgehead atoms. The summed E-state index contributed by atoms with van der Waals surface area (Å²) in [6, 6.07) is 15.4. The zero-order valence-electron chi connectivity index (χ0n) is 40.3. The lowest BCUT2D eigenvalue weighted by Crippen LogP contribution is -2.00. The lowest BCUT2D eigenvalue weighted by molar-refractivity contribution is 0.669. The number of rotatable bonds is 6. The van der Waals surface area contributed by atoms with Gasteiger partial charge in [-0.3, -0.25) is 0 Å². The Balaban J connectivity index is 1.26. The number of benzene rings is 7. The molecule has 4 heteroatoms. The molecule has 0 atom stereocenters. The van der Waals surface area contributed by atoms with E-state index >= 15 is 0 Å². The quantitative estimate of drug-likeness (QED) is 0.181. The van der Waals surface area contributed by atoms with E-state index in [1.165, 1.54) is 0 Å². The summed E-state index contributed by atoms with van der Waals surface area (Å²) < 4.78 is 139. The highest BCUT2D eigenvalue weighted by molar-refractivity contribution is 6.06. The molecule has 9 aromatic rings. The van der Waals surface area contributed by atoms with Crippen molar-refractivity contribution >= 4 is 21.9 Å². The lowest BCUT2D eigenvalue weighted by Gasteiger charge is -2.10. The van der Waals surface area contributed by atoms with E-state index in [4.69, 9.17) is 24.5 Å². The number of para-hydroxylation sites is 1. The van der Waals surface area contributed by atoms with Crippen LogP contribution >= 0.6 is 0 Å². The van der Waals surface area contributed by atoms with Gasteiger partial charge in [-0.05, 0) is 57.6 Å². The Kier molecular flexibility index (Phi) is 4.21. The molecule has 0 aliphatic heterocycles. The highest BCUT2D eigenvalue weighted by Crippen LogP contribution is 2.34. The summed E-state index contributed by atoms with van der Waals surface area (Å²) in [5.74, 6) is 0.0853. The summed E-state index contributed by atoms with van der Waals surface area (Å²) in [6.07, 6.45) is 0. The molecule has 0 spiro atoms. The van der Waals surface area contributed by atoms with Gasteiger partial charge in [0.15, 0.2) is 17.5 Å². The molecule has 0 N–H and O–H groups in total. The third kappa shape index (κ3) is 5.56. The van der Waals surface area contributed by atoms with Gasteiger partial charge in [0.2, 0.25) is 0 Å². The molecule has 9 rings (SSSR count). The van der Waals surface area contributed by atoms with Crippen LogP contribution in [0.4, 0.5) is 0 Å². The molecule has 0 amide bonds. The van der Waals surface area contributed by atoms with Crippen molar-refractivity contribution in [3.05, 3.63) is 176 Å². The Bertz CT molecular complexity index is 3410. The number of hydrogen-bond donors (Lipinski definition) is 0. The number of furan rings is 1. The summed E-state index contributed by atoms with van der Waals surface area (Å²) in [4.78, 5) is 14.0. The topological polar surface area (TPSA) is 51.8 Å². The number of aromatic nitrogens is 3. The van der Waals surface area contributed by atoms with Crippen molar-refractivity contribution in [2.24, 2.45) is 0 Å². The van der Waals surface area contributed by atoms with Crippen molar-refractivity contribution in [1.29, 1.82) is 0 Å². The fourth-order valence-electron chi connectivity index (χ4n) is 5.35. The van der Waals surface area contributed by atoms with E-state index in [0.717, 1.165) is 11.1 Å². The molecule has 0 saturated heterocycles. The molecule has 0 aliphatic rings. The van der Waals surface area contributed by atoms with Crippen LogP contribution in [-0.4, -0.2) is 15.0 Å². The number of nitrogens with zero attached hydrogens (tertiary/aromatic N) is 3. The minimum Gasteiger partial charge on any atom is -0.456 e. The van der Waals surface area contributed by atoms with Gasteiger partial charge < -0.3 is 4.42 Å². The Morgan fingerprint density at radius 2 is 0.837 bits per heavy atom. The minimum atomic E-state index is -0.832. The molecule has 230 valence electrons. The van der Waals surface area contributed by atoms with Crippen molar-refractivity contribution < 1.29 is 25.0 Å². The van der Waals surface area contributed by atoms with Gasteiger partial charge in [0.05, 0.1) is 20.6 Å². The molecule has 2 heterocycles. The second-order valence-electron chi connectivity index (χ2n) is 10.9.